The van der Waals surface area contributed by atoms with Gasteiger partial charge in [-0.25, -0.2) is 19.6 Å². The highest BCUT2D eigenvalue weighted by Crippen LogP contribution is 2.34. The number of hydrogen-bond donors (Lipinski definition) is 1. The minimum atomic E-state index is -0.190. The van der Waals surface area contributed by atoms with Crippen molar-refractivity contribution < 1.29 is 19.3 Å². The third kappa shape index (κ3) is 8.37. The van der Waals surface area contributed by atoms with Crippen LogP contribution in [-0.2, 0) is 30.9 Å². The molecule has 8 aromatic rings. The van der Waals surface area contributed by atoms with Crippen LogP contribution in [0.2, 0.25) is 0 Å². The molecule has 8 heterocycles. The molecule has 0 radical (unpaired) electrons. The standard InChI is InChI=1S/2C22H25N5O3S/c1-14-9-25(10-15(2)30-14)12-18-8-19-20-23-13-24-27(20)22(28)26(21(19)31-18)11-16-4-6-17(29-3)7-5-16;1-14-18(12-25-9-7-16(28)8-10-25)31-21-19(14)20-23-13-24-27(20)22(29)26(21)11-15-3-5-17(30-2)6-4-15/h4-8,13-15H,9-12H2,1-3H3;3-6,13,16,28H,7-12H2,1-2H3/t14-,15+;. The van der Waals surface area contributed by atoms with Crippen LogP contribution in [0.4, 0.5) is 0 Å². The van der Waals surface area contributed by atoms with Crippen LogP contribution in [0, 0.1) is 6.92 Å². The van der Waals surface area contributed by atoms with E-state index in [2.05, 4.69) is 56.8 Å². The van der Waals surface area contributed by atoms with E-state index in [0.717, 1.165) is 101 Å². The molecule has 2 saturated heterocycles. The number of aliphatic hydroxyl groups is 1. The molecule has 6 aromatic heterocycles. The summed E-state index contributed by atoms with van der Waals surface area (Å²) in [4.78, 5) is 44.2. The molecule has 324 valence electrons. The number of piperidine rings is 1. The van der Waals surface area contributed by atoms with Crippen molar-refractivity contribution in [3.05, 3.63) is 115 Å². The minimum absolute atomic E-state index is 0.183. The topological polar surface area (TPSA) is 159 Å². The number of hydrogen-bond acceptors (Lipinski definition) is 14. The summed E-state index contributed by atoms with van der Waals surface area (Å²) >= 11 is 3.31. The molecular weight excluding hydrogens is 829 g/mol. The fourth-order valence-corrected chi connectivity index (χ4v) is 11.1. The molecule has 16 nitrogen and oxygen atoms in total. The van der Waals surface area contributed by atoms with Crippen LogP contribution in [0.15, 0.2) is 76.8 Å². The van der Waals surface area contributed by atoms with Crippen molar-refractivity contribution >= 4 is 54.4 Å². The maximum atomic E-state index is 13.2. The molecule has 0 bridgehead atoms. The molecule has 0 saturated carbocycles. The lowest BCUT2D eigenvalue weighted by atomic mass is 10.1. The van der Waals surface area contributed by atoms with Gasteiger partial charge < -0.3 is 19.3 Å². The predicted octanol–water partition coefficient (Wildman–Crippen LogP) is 5.20. The van der Waals surface area contributed by atoms with Gasteiger partial charge in [0.15, 0.2) is 11.3 Å². The van der Waals surface area contributed by atoms with Crippen LogP contribution in [0.25, 0.3) is 31.7 Å². The first kappa shape index (κ1) is 41.8. The summed E-state index contributed by atoms with van der Waals surface area (Å²) in [6, 6.07) is 17.7. The van der Waals surface area contributed by atoms with Crippen molar-refractivity contribution in [2.75, 3.05) is 40.4 Å². The highest BCUT2D eigenvalue weighted by Gasteiger charge is 2.25. The second-order valence-electron chi connectivity index (χ2n) is 16.1. The Bertz CT molecular complexity index is 2950. The first-order chi connectivity index (χ1) is 30.1. The number of aromatic nitrogens is 8. The summed E-state index contributed by atoms with van der Waals surface area (Å²) in [7, 11) is 3.28. The van der Waals surface area contributed by atoms with Gasteiger partial charge in [0, 0.05) is 49.0 Å². The van der Waals surface area contributed by atoms with E-state index < -0.39 is 0 Å². The van der Waals surface area contributed by atoms with Crippen molar-refractivity contribution in [3.8, 4) is 11.5 Å². The lowest BCUT2D eigenvalue weighted by Gasteiger charge is -2.34. The van der Waals surface area contributed by atoms with E-state index in [1.807, 2.05) is 48.5 Å². The summed E-state index contributed by atoms with van der Waals surface area (Å²) in [5.74, 6) is 1.58. The van der Waals surface area contributed by atoms with Crippen molar-refractivity contribution in [1.82, 2.24) is 48.1 Å². The van der Waals surface area contributed by atoms with E-state index in [0.29, 0.717) is 24.4 Å². The molecule has 2 atom stereocenters. The Balaban J connectivity index is 0.000000158. The Hall–Kier alpha value is -5.50. The van der Waals surface area contributed by atoms with Gasteiger partial charge in [-0.1, -0.05) is 24.3 Å². The molecule has 10 rings (SSSR count). The number of aryl methyl sites for hydroxylation is 1. The van der Waals surface area contributed by atoms with E-state index >= 15 is 0 Å². The second kappa shape index (κ2) is 17.7. The smallest absolute Gasteiger partial charge is 0.352 e. The third-order valence-electron chi connectivity index (χ3n) is 11.7. The summed E-state index contributed by atoms with van der Waals surface area (Å²) in [6.45, 7) is 12.4. The molecule has 0 spiro atoms. The van der Waals surface area contributed by atoms with Gasteiger partial charge in [-0.05, 0) is 80.6 Å². The number of benzene rings is 2. The lowest BCUT2D eigenvalue weighted by Crippen LogP contribution is -2.44. The number of nitrogens with zero attached hydrogens (tertiary/aromatic N) is 10. The summed E-state index contributed by atoms with van der Waals surface area (Å²) in [5.41, 5.74) is 4.03. The minimum Gasteiger partial charge on any atom is -0.497 e. The van der Waals surface area contributed by atoms with Gasteiger partial charge in [-0.2, -0.15) is 19.2 Å². The van der Waals surface area contributed by atoms with Crippen LogP contribution in [0.1, 0.15) is 53.1 Å². The van der Waals surface area contributed by atoms with Gasteiger partial charge >= 0.3 is 11.4 Å². The second-order valence-corrected chi connectivity index (χ2v) is 18.3. The van der Waals surface area contributed by atoms with E-state index in [1.54, 1.807) is 46.0 Å². The Morgan fingerprint density at radius 1 is 0.726 bits per heavy atom. The van der Waals surface area contributed by atoms with Crippen LogP contribution in [0.3, 0.4) is 0 Å². The molecule has 0 aliphatic carbocycles. The van der Waals surface area contributed by atoms with Crippen molar-refractivity contribution in [3.63, 3.8) is 0 Å². The van der Waals surface area contributed by atoms with Crippen molar-refractivity contribution in [1.29, 1.82) is 0 Å². The van der Waals surface area contributed by atoms with Crippen LogP contribution >= 0.6 is 22.7 Å². The van der Waals surface area contributed by atoms with Gasteiger partial charge in [-0.15, -0.1) is 22.7 Å². The largest absolute Gasteiger partial charge is 0.497 e. The number of rotatable bonds is 10. The molecule has 2 aromatic carbocycles. The number of thiophene rings is 2. The molecular formula is C44H50N10O6S2. The average Bonchev–Trinajstić information content (AvgIpc) is 4.09. The van der Waals surface area contributed by atoms with E-state index in [4.69, 9.17) is 14.2 Å². The third-order valence-corrected chi connectivity index (χ3v) is 14.1. The number of fused-ring (bicyclic) bond motifs is 6. The molecule has 1 N–H and O–H groups in total. The molecule has 0 unspecified atom stereocenters. The van der Waals surface area contributed by atoms with E-state index in [9.17, 15) is 14.7 Å². The zero-order chi connectivity index (χ0) is 43.1. The zero-order valence-electron chi connectivity index (χ0n) is 35.4. The van der Waals surface area contributed by atoms with Gasteiger partial charge in [0.25, 0.3) is 0 Å². The van der Waals surface area contributed by atoms with E-state index in [-0.39, 0.29) is 29.7 Å². The summed E-state index contributed by atoms with van der Waals surface area (Å²) in [6.07, 6.45) is 4.74. The number of aliphatic hydroxyl groups excluding tert-OH is 1. The Labute approximate surface area is 365 Å². The van der Waals surface area contributed by atoms with E-state index in [1.165, 1.54) is 31.4 Å². The number of morpholine rings is 1. The quantitative estimate of drug-likeness (QED) is 0.192. The monoisotopic (exact) mass is 878 g/mol. The molecule has 18 heteroatoms. The normalized spacial score (nSPS) is 17.9. The fourth-order valence-electron chi connectivity index (χ4n) is 8.56. The number of ether oxygens (including phenoxy) is 3. The van der Waals surface area contributed by atoms with Crippen molar-refractivity contribution in [2.45, 2.75) is 78.1 Å². The van der Waals surface area contributed by atoms with Gasteiger partial charge in [0.2, 0.25) is 0 Å². The maximum absolute atomic E-state index is 13.2. The van der Waals surface area contributed by atoms with Gasteiger partial charge in [0.05, 0.1) is 56.4 Å². The van der Waals surface area contributed by atoms with Crippen LogP contribution in [-0.4, -0.2) is 112 Å². The molecule has 62 heavy (non-hydrogen) atoms. The molecule has 2 aliphatic heterocycles. The lowest BCUT2D eigenvalue weighted by molar-refractivity contribution is -0.0702. The summed E-state index contributed by atoms with van der Waals surface area (Å²) in [5, 5.41) is 20.1. The zero-order valence-corrected chi connectivity index (χ0v) is 37.1. The maximum Gasteiger partial charge on any atom is 0.352 e. The first-order valence-corrected chi connectivity index (χ1v) is 22.4. The van der Waals surface area contributed by atoms with Crippen LogP contribution < -0.4 is 20.9 Å². The Morgan fingerprint density at radius 2 is 1.27 bits per heavy atom. The predicted molar refractivity (Wildman–Crippen MR) is 240 cm³/mol. The Kier molecular flexibility index (Phi) is 11.9. The van der Waals surface area contributed by atoms with Crippen LogP contribution in [0.5, 0.6) is 11.5 Å². The first-order valence-electron chi connectivity index (χ1n) is 20.8. The highest BCUT2D eigenvalue weighted by molar-refractivity contribution is 7.19. The van der Waals surface area contributed by atoms with Gasteiger partial charge in [-0.3, -0.25) is 18.9 Å². The SMILES string of the molecule is COc1ccc(Cn2c(=O)n3ncnc3c3c(C)c(CN4CCC(O)CC4)sc32)cc1.COc1ccc(Cn2c(=O)n3ncnc3c3cc(CN4C[C@@H](C)O[C@@H](C)C4)sc32)cc1. The number of likely N-dealkylation sites (tertiary alicyclic amines) is 1. The summed E-state index contributed by atoms with van der Waals surface area (Å²) < 4.78 is 22.7. The van der Waals surface area contributed by atoms with Gasteiger partial charge in [0.1, 0.15) is 33.8 Å². The average molecular weight is 879 g/mol. The number of methoxy groups -OCH3 is 2. The molecule has 0 amide bonds. The Morgan fingerprint density at radius 3 is 1.85 bits per heavy atom. The fraction of sp³-hybridized carbons (Fsp3) is 0.409. The molecule has 2 aliphatic rings. The van der Waals surface area contributed by atoms with Crippen molar-refractivity contribution in [2.24, 2.45) is 0 Å². The molecule has 2 fully saturated rings. The highest BCUT2D eigenvalue weighted by atomic mass is 32.1.